The molecule has 1 amide bonds. The Bertz CT molecular complexity index is 798. The lowest BCUT2D eigenvalue weighted by Gasteiger charge is -2.08. The first-order valence-corrected chi connectivity index (χ1v) is 7.61. The van der Waals surface area contributed by atoms with E-state index < -0.39 is 15.9 Å². The molecule has 0 unspecified atom stereocenters. The fourth-order valence-electron chi connectivity index (χ4n) is 1.55. The zero-order chi connectivity index (χ0) is 15.8. The molecule has 0 aliphatic rings. The number of aromatic nitrogens is 3. The minimum absolute atomic E-state index is 0.0388. The molecule has 0 aliphatic carbocycles. The van der Waals surface area contributed by atoms with Gasteiger partial charge < -0.3 is 10.3 Å². The van der Waals surface area contributed by atoms with Crippen LogP contribution >= 0.6 is 23.2 Å². The number of halogens is 2. The van der Waals surface area contributed by atoms with Gasteiger partial charge in [0, 0.05) is 13.2 Å². The van der Waals surface area contributed by atoms with Crippen molar-refractivity contribution < 1.29 is 13.2 Å². The van der Waals surface area contributed by atoms with Crippen molar-refractivity contribution in [2.45, 2.75) is 4.90 Å². The molecule has 2 aromatic rings. The summed E-state index contributed by atoms with van der Waals surface area (Å²) in [5.74, 6) is -0.752. The van der Waals surface area contributed by atoms with Crippen molar-refractivity contribution in [2.75, 3.05) is 4.72 Å². The standard InChI is InChI=1S/C10H9Cl2N5O3S/c1-17-3-5(2-6(17)10(13)18)21(19,20)16-7-8(11)14-4-15-9(7)12/h2-4,16H,1H3,(H2,13,18). The number of rotatable bonds is 4. The highest BCUT2D eigenvalue weighted by molar-refractivity contribution is 7.92. The second kappa shape index (κ2) is 5.51. The zero-order valence-corrected chi connectivity index (χ0v) is 12.9. The first kappa shape index (κ1) is 15.5. The van der Waals surface area contributed by atoms with Gasteiger partial charge in [0.15, 0.2) is 10.3 Å². The third-order valence-corrected chi connectivity index (χ3v) is 4.42. The number of nitrogens with one attached hydrogen (secondary N) is 1. The Kier molecular flexibility index (Phi) is 4.08. The molecule has 2 aromatic heterocycles. The summed E-state index contributed by atoms with van der Waals surface area (Å²) in [7, 11) is -2.53. The lowest BCUT2D eigenvalue weighted by Crippen LogP contribution is -2.15. The second-order valence-corrected chi connectivity index (χ2v) is 6.37. The number of carbonyl (C=O) groups is 1. The van der Waals surface area contributed by atoms with E-state index in [1.54, 1.807) is 0 Å². The Balaban J connectivity index is 2.44. The molecule has 0 saturated carbocycles. The third kappa shape index (κ3) is 3.09. The summed E-state index contributed by atoms with van der Waals surface area (Å²) in [4.78, 5) is 18.2. The van der Waals surface area contributed by atoms with Gasteiger partial charge in [-0.2, -0.15) is 0 Å². The normalized spacial score (nSPS) is 11.4. The molecule has 0 bridgehead atoms. The Labute approximate surface area is 129 Å². The molecule has 0 spiro atoms. The topological polar surface area (TPSA) is 120 Å². The van der Waals surface area contributed by atoms with Gasteiger partial charge in [0.05, 0.1) is 0 Å². The minimum atomic E-state index is -4.02. The number of sulfonamides is 1. The Hall–Kier alpha value is -1.84. The lowest BCUT2D eigenvalue weighted by molar-refractivity contribution is 0.0992. The average molecular weight is 350 g/mol. The Morgan fingerprint density at radius 1 is 1.33 bits per heavy atom. The van der Waals surface area contributed by atoms with Crippen LogP contribution in [-0.2, 0) is 17.1 Å². The van der Waals surface area contributed by atoms with Gasteiger partial charge in [0.1, 0.15) is 22.6 Å². The molecule has 0 radical (unpaired) electrons. The van der Waals surface area contributed by atoms with E-state index in [0.29, 0.717) is 0 Å². The minimum Gasteiger partial charge on any atom is -0.364 e. The number of nitrogens with two attached hydrogens (primary N) is 1. The van der Waals surface area contributed by atoms with Gasteiger partial charge >= 0.3 is 0 Å². The van der Waals surface area contributed by atoms with Crippen LogP contribution in [0.5, 0.6) is 0 Å². The number of anilines is 1. The summed E-state index contributed by atoms with van der Waals surface area (Å²) in [5.41, 5.74) is 5.03. The van der Waals surface area contributed by atoms with Gasteiger partial charge in [-0.25, -0.2) is 18.4 Å². The van der Waals surface area contributed by atoms with Gasteiger partial charge in [0.25, 0.3) is 15.9 Å². The fourth-order valence-corrected chi connectivity index (χ4v) is 3.21. The van der Waals surface area contributed by atoms with E-state index in [2.05, 4.69) is 14.7 Å². The molecule has 8 nitrogen and oxygen atoms in total. The SMILES string of the molecule is Cn1cc(S(=O)(=O)Nc2c(Cl)ncnc2Cl)cc1C(N)=O. The van der Waals surface area contributed by atoms with E-state index in [9.17, 15) is 13.2 Å². The molecule has 2 heterocycles. The molecule has 0 aliphatic heterocycles. The smallest absolute Gasteiger partial charge is 0.265 e. The molecule has 3 N–H and O–H groups in total. The summed E-state index contributed by atoms with van der Waals surface area (Å²) in [6.45, 7) is 0. The highest BCUT2D eigenvalue weighted by atomic mass is 35.5. The van der Waals surface area contributed by atoms with Crippen molar-refractivity contribution in [3.63, 3.8) is 0 Å². The number of amides is 1. The van der Waals surface area contributed by atoms with Crippen LogP contribution in [0.1, 0.15) is 10.5 Å². The van der Waals surface area contributed by atoms with E-state index >= 15 is 0 Å². The summed E-state index contributed by atoms with van der Waals surface area (Å²) in [5, 5.41) is -0.297. The molecule has 2 rings (SSSR count). The van der Waals surface area contributed by atoms with Gasteiger partial charge in [-0.15, -0.1) is 0 Å². The molecule has 0 fully saturated rings. The Morgan fingerprint density at radius 3 is 2.38 bits per heavy atom. The monoisotopic (exact) mass is 349 g/mol. The first-order valence-electron chi connectivity index (χ1n) is 5.37. The van der Waals surface area contributed by atoms with Crippen LogP contribution in [0.2, 0.25) is 10.3 Å². The maximum Gasteiger partial charge on any atom is 0.265 e. The largest absolute Gasteiger partial charge is 0.364 e. The van der Waals surface area contributed by atoms with Crippen LogP contribution in [0.4, 0.5) is 5.69 Å². The second-order valence-electron chi connectivity index (χ2n) is 3.97. The number of hydrogen-bond donors (Lipinski definition) is 2. The van der Waals surface area contributed by atoms with Crippen LogP contribution in [0.3, 0.4) is 0 Å². The summed E-state index contributed by atoms with van der Waals surface area (Å²) >= 11 is 11.5. The average Bonchev–Trinajstić information content (AvgIpc) is 2.77. The Morgan fingerprint density at radius 2 is 1.90 bits per heavy atom. The molecular weight excluding hydrogens is 341 g/mol. The fraction of sp³-hybridized carbons (Fsp3) is 0.100. The molecule has 0 atom stereocenters. The highest BCUT2D eigenvalue weighted by Crippen LogP contribution is 2.28. The van der Waals surface area contributed by atoms with Crippen LogP contribution in [0.25, 0.3) is 0 Å². The van der Waals surface area contributed by atoms with E-state index in [0.717, 1.165) is 12.4 Å². The molecule has 0 saturated heterocycles. The quantitative estimate of drug-likeness (QED) is 0.798. The summed E-state index contributed by atoms with van der Waals surface area (Å²) in [6, 6.07) is 1.14. The van der Waals surface area contributed by atoms with E-state index in [1.165, 1.54) is 17.8 Å². The van der Waals surface area contributed by atoms with Crippen LogP contribution < -0.4 is 10.5 Å². The molecule has 21 heavy (non-hydrogen) atoms. The molecule has 11 heteroatoms. The highest BCUT2D eigenvalue weighted by Gasteiger charge is 2.22. The lowest BCUT2D eigenvalue weighted by atomic mass is 10.4. The maximum atomic E-state index is 12.2. The van der Waals surface area contributed by atoms with Crippen molar-refractivity contribution in [2.24, 2.45) is 12.8 Å². The number of hydrogen-bond acceptors (Lipinski definition) is 5. The first-order chi connectivity index (χ1) is 9.72. The van der Waals surface area contributed by atoms with Crippen molar-refractivity contribution in [1.29, 1.82) is 0 Å². The molecular formula is C10H9Cl2N5O3S. The maximum absolute atomic E-state index is 12.2. The van der Waals surface area contributed by atoms with Crippen molar-refractivity contribution in [3.05, 3.63) is 34.6 Å². The van der Waals surface area contributed by atoms with E-state index in [1.807, 2.05) is 0 Å². The van der Waals surface area contributed by atoms with Crippen LogP contribution in [-0.4, -0.2) is 28.9 Å². The predicted octanol–water partition coefficient (Wildman–Crippen LogP) is 1.02. The van der Waals surface area contributed by atoms with Crippen molar-refractivity contribution >= 4 is 44.8 Å². The van der Waals surface area contributed by atoms with Gasteiger partial charge in [-0.05, 0) is 6.07 Å². The number of primary amides is 1. The summed E-state index contributed by atoms with van der Waals surface area (Å²) in [6.07, 6.45) is 2.32. The number of carbonyl (C=O) groups excluding carboxylic acids is 1. The van der Waals surface area contributed by atoms with Crippen molar-refractivity contribution in [3.8, 4) is 0 Å². The number of aryl methyl sites for hydroxylation is 1. The van der Waals surface area contributed by atoms with Gasteiger partial charge in [-0.1, -0.05) is 23.2 Å². The zero-order valence-electron chi connectivity index (χ0n) is 10.5. The molecule has 0 aromatic carbocycles. The summed E-state index contributed by atoms with van der Waals surface area (Å²) < 4.78 is 28.0. The van der Waals surface area contributed by atoms with Gasteiger partial charge in [-0.3, -0.25) is 9.52 Å². The van der Waals surface area contributed by atoms with Crippen molar-refractivity contribution in [1.82, 2.24) is 14.5 Å². The number of nitrogens with zero attached hydrogens (tertiary/aromatic N) is 3. The van der Waals surface area contributed by atoms with E-state index in [4.69, 9.17) is 28.9 Å². The third-order valence-electron chi connectivity index (χ3n) is 2.53. The predicted molar refractivity (Wildman–Crippen MR) is 76.8 cm³/mol. The van der Waals surface area contributed by atoms with Gasteiger partial charge in [0.2, 0.25) is 0 Å². The van der Waals surface area contributed by atoms with E-state index in [-0.39, 0.29) is 26.6 Å². The van der Waals surface area contributed by atoms with Crippen LogP contribution in [0, 0.1) is 0 Å². The molecule has 112 valence electrons. The van der Waals surface area contributed by atoms with Crippen LogP contribution in [0.15, 0.2) is 23.5 Å².